The maximum atomic E-state index is 12.9. The summed E-state index contributed by atoms with van der Waals surface area (Å²) in [7, 11) is 0. The van der Waals surface area contributed by atoms with E-state index in [1.54, 1.807) is 35.3 Å². The molecule has 10 nitrogen and oxygen atoms in total. The fourth-order valence-corrected chi connectivity index (χ4v) is 4.55. The number of aromatic amines is 1. The Balaban J connectivity index is 1.48. The van der Waals surface area contributed by atoms with Gasteiger partial charge in [-0.3, -0.25) is 14.2 Å². The van der Waals surface area contributed by atoms with E-state index >= 15 is 0 Å². The second-order valence-corrected chi connectivity index (χ2v) is 8.89. The fourth-order valence-electron chi connectivity index (χ4n) is 3.93. The number of aromatic carboxylic acids is 1. The van der Waals surface area contributed by atoms with E-state index in [0.717, 1.165) is 11.4 Å². The molecule has 168 valence electrons. The van der Waals surface area contributed by atoms with Crippen LogP contribution in [0, 0.1) is 19.8 Å². The van der Waals surface area contributed by atoms with E-state index in [-0.39, 0.29) is 22.8 Å². The van der Waals surface area contributed by atoms with Gasteiger partial charge >= 0.3 is 5.97 Å². The molecule has 0 saturated carbocycles. The summed E-state index contributed by atoms with van der Waals surface area (Å²) < 4.78 is 1.54. The SMILES string of the molecule is Cc1cc(NC(=O)C2CN(c3cc(C)c4c(=O)c(C(=O)O)cn(-c5nccs5)c4n3)C2)c[nH]1. The third-order valence-corrected chi connectivity index (χ3v) is 6.44. The summed E-state index contributed by atoms with van der Waals surface area (Å²) in [6, 6.07) is 3.62. The fraction of sp³-hybridized carbons (Fsp3) is 0.227. The zero-order chi connectivity index (χ0) is 23.3. The predicted octanol–water partition coefficient (Wildman–Crippen LogP) is 2.56. The number of hydrogen-bond acceptors (Lipinski definition) is 7. The Kier molecular flexibility index (Phi) is 4.97. The van der Waals surface area contributed by atoms with Crippen molar-refractivity contribution in [3.8, 4) is 5.13 Å². The summed E-state index contributed by atoms with van der Waals surface area (Å²) in [5, 5.41) is 14.9. The van der Waals surface area contributed by atoms with Crippen molar-refractivity contribution in [1.29, 1.82) is 0 Å². The van der Waals surface area contributed by atoms with Gasteiger partial charge in [0.05, 0.1) is 17.0 Å². The highest BCUT2D eigenvalue weighted by Gasteiger charge is 2.34. The quantitative estimate of drug-likeness (QED) is 0.413. The van der Waals surface area contributed by atoms with Crippen LogP contribution in [0.4, 0.5) is 11.5 Å². The van der Waals surface area contributed by atoms with Crippen molar-refractivity contribution in [2.45, 2.75) is 13.8 Å². The number of nitrogens with zero attached hydrogens (tertiary/aromatic N) is 4. The van der Waals surface area contributed by atoms with Crippen LogP contribution in [0.15, 0.2) is 40.9 Å². The smallest absolute Gasteiger partial charge is 0.341 e. The molecular formula is C22H20N6O4S. The molecular weight excluding hydrogens is 444 g/mol. The van der Waals surface area contributed by atoms with Crippen molar-refractivity contribution in [2.75, 3.05) is 23.3 Å². The van der Waals surface area contributed by atoms with Gasteiger partial charge in [-0.25, -0.2) is 14.8 Å². The molecule has 0 aliphatic carbocycles. The number of thiazole rings is 1. The van der Waals surface area contributed by atoms with E-state index in [9.17, 15) is 19.5 Å². The Bertz CT molecular complexity index is 1450. The van der Waals surface area contributed by atoms with Crippen LogP contribution in [0.1, 0.15) is 21.6 Å². The number of carboxylic acids is 1. The highest BCUT2D eigenvalue weighted by molar-refractivity contribution is 7.12. The number of pyridine rings is 2. The van der Waals surface area contributed by atoms with Gasteiger partial charge in [0.2, 0.25) is 11.3 Å². The van der Waals surface area contributed by atoms with Gasteiger partial charge in [-0.2, -0.15) is 0 Å². The average molecular weight is 465 g/mol. The Morgan fingerprint density at radius 3 is 2.70 bits per heavy atom. The first-order chi connectivity index (χ1) is 15.8. The number of rotatable bonds is 5. The summed E-state index contributed by atoms with van der Waals surface area (Å²) in [6.45, 7) is 4.65. The number of aromatic nitrogens is 4. The predicted molar refractivity (Wildman–Crippen MR) is 125 cm³/mol. The first-order valence-corrected chi connectivity index (χ1v) is 11.1. The highest BCUT2D eigenvalue weighted by Crippen LogP contribution is 2.29. The second-order valence-electron chi connectivity index (χ2n) is 8.02. The maximum Gasteiger partial charge on any atom is 0.341 e. The molecule has 1 saturated heterocycles. The summed E-state index contributed by atoms with van der Waals surface area (Å²) >= 11 is 1.31. The maximum absolute atomic E-state index is 12.9. The van der Waals surface area contributed by atoms with Gasteiger partial charge in [-0.05, 0) is 31.5 Å². The molecule has 33 heavy (non-hydrogen) atoms. The molecule has 4 aromatic rings. The largest absolute Gasteiger partial charge is 0.477 e. The standard InChI is InChI=1S/C22H20N6O4S/c1-11-5-16(27-8-13(9-27)20(30)25-14-6-12(2)24-7-14)26-19-17(11)18(29)15(21(31)32)10-28(19)22-23-3-4-33-22/h3-7,10,13,24H,8-9H2,1-2H3,(H,25,30)(H,31,32). The van der Waals surface area contributed by atoms with Gasteiger partial charge in [0.15, 0.2) is 10.8 Å². The molecule has 0 spiro atoms. The first-order valence-electron chi connectivity index (χ1n) is 10.2. The van der Waals surface area contributed by atoms with Crippen molar-refractivity contribution < 1.29 is 14.7 Å². The molecule has 0 radical (unpaired) electrons. The van der Waals surface area contributed by atoms with Crippen LogP contribution in [-0.4, -0.2) is 49.6 Å². The molecule has 0 unspecified atom stereocenters. The number of carboxylic acid groups (broad SMARTS) is 1. The molecule has 5 rings (SSSR count). The van der Waals surface area contributed by atoms with Gasteiger partial charge < -0.3 is 20.3 Å². The summed E-state index contributed by atoms with van der Waals surface area (Å²) in [5.41, 5.74) is 1.74. The van der Waals surface area contributed by atoms with E-state index in [1.807, 2.05) is 17.9 Å². The average Bonchev–Trinajstić information content (AvgIpc) is 3.38. The van der Waals surface area contributed by atoms with Crippen molar-refractivity contribution >= 4 is 45.8 Å². The van der Waals surface area contributed by atoms with Crippen molar-refractivity contribution in [2.24, 2.45) is 5.92 Å². The van der Waals surface area contributed by atoms with Gasteiger partial charge in [-0.15, -0.1) is 11.3 Å². The zero-order valence-corrected chi connectivity index (χ0v) is 18.6. The summed E-state index contributed by atoms with van der Waals surface area (Å²) in [4.78, 5) is 51.0. The number of H-pyrrole nitrogens is 1. The van der Waals surface area contributed by atoms with Gasteiger partial charge in [0.1, 0.15) is 11.4 Å². The van der Waals surface area contributed by atoms with E-state index in [4.69, 9.17) is 0 Å². The number of fused-ring (bicyclic) bond motifs is 1. The molecule has 0 aromatic carbocycles. The molecule has 1 fully saturated rings. The van der Waals surface area contributed by atoms with Crippen molar-refractivity contribution in [3.63, 3.8) is 0 Å². The first kappa shape index (κ1) is 20.9. The number of carbonyl (C=O) groups excluding carboxylic acids is 1. The third-order valence-electron chi connectivity index (χ3n) is 5.67. The summed E-state index contributed by atoms with van der Waals surface area (Å²) in [5.74, 6) is -0.929. The van der Waals surface area contributed by atoms with E-state index in [0.29, 0.717) is 35.2 Å². The van der Waals surface area contributed by atoms with Gasteiger partial charge in [-0.1, -0.05) is 0 Å². The van der Waals surface area contributed by atoms with Gasteiger partial charge in [0.25, 0.3) is 0 Å². The molecule has 1 aliphatic heterocycles. The van der Waals surface area contributed by atoms with E-state index in [1.165, 1.54) is 17.5 Å². The van der Waals surface area contributed by atoms with Gasteiger partial charge in [0, 0.05) is 42.8 Å². The third kappa shape index (κ3) is 3.65. The number of amides is 1. The highest BCUT2D eigenvalue weighted by atomic mass is 32.1. The van der Waals surface area contributed by atoms with Crippen molar-refractivity contribution in [1.82, 2.24) is 19.5 Å². The number of anilines is 2. The minimum absolute atomic E-state index is 0.0615. The Morgan fingerprint density at radius 2 is 2.06 bits per heavy atom. The summed E-state index contributed by atoms with van der Waals surface area (Å²) in [6.07, 6.45) is 4.63. The lowest BCUT2D eigenvalue weighted by atomic mass is 9.98. The second kappa shape index (κ2) is 7.85. The zero-order valence-electron chi connectivity index (χ0n) is 17.8. The molecule has 11 heteroatoms. The molecule has 1 amide bonds. The topological polar surface area (TPSA) is 133 Å². The Hall–Kier alpha value is -3.99. The Morgan fingerprint density at radius 1 is 1.27 bits per heavy atom. The van der Waals surface area contributed by atoms with E-state index in [2.05, 4.69) is 20.3 Å². The lowest BCUT2D eigenvalue weighted by molar-refractivity contribution is -0.120. The van der Waals surface area contributed by atoms with Crippen LogP contribution in [0.25, 0.3) is 16.2 Å². The van der Waals surface area contributed by atoms with Crippen LogP contribution < -0.4 is 15.6 Å². The number of carbonyl (C=O) groups is 2. The number of hydrogen-bond donors (Lipinski definition) is 3. The van der Waals surface area contributed by atoms with Crippen LogP contribution in [-0.2, 0) is 4.79 Å². The molecule has 0 atom stereocenters. The molecule has 5 heterocycles. The molecule has 4 aromatic heterocycles. The van der Waals surface area contributed by atoms with Crippen LogP contribution in [0.5, 0.6) is 0 Å². The van der Waals surface area contributed by atoms with Crippen molar-refractivity contribution in [3.05, 3.63) is 63.1 Å². The number of aryl methyl sites for hydroxylation is 2. The van der Waals surface area contributed by atoms with Crippen LogP contribution in [0.3, 0.4) is 0 Å². The minimum Gasteiger partial charge on any atom is -0.477 e. The molecule has 3 N–H and O–H groups in total. The number of nitrogens with one attached hydrogen (secondary N) is 2. The Labute approximate surface area is 191 Å². The monoisotopic (exact) mass is 464 g/mol. The molecule has 1 aliphatic rings. The minimum atomic E-state index is -1.30. The molecule has 0 bridgehead atoms. The lowest BCUT2D eigenvalue weighted by Crippen LogP contribution is -2.52. The lowest BCUT2D eigenvalue weighted by Gasteiger charge is -2.39. The van der Waals surface area contributed by atoms with E-state index < -0.39 is 11.4 Å². The normalized spacial score (nSPS) is 13.8. The van der Waals surface area contributed by atoms with Crippen LogP contribution >= 0.6 is 11.3 Å². The van der Waals surface area contributed by atoms with Crippen LogP contribution in [0.2, 0.25) is 0 Å².